The number of urea groups is 1. The van der Waals surface area contributed by atoms with Gasteiger partial charge in [0.25, 0.3) is 0 Å². The van der Waals surface area contributed by atoms with Crippen molar-refractivity contribution >= 4 is 16.1 Å². The summed E-state index contributed by atoms with van der Waals surface area (Å²) >= 11 is 0. The molecular formula is C23H35FN3O3S. The summed E-state index contributed by atoms with van der Waals surface area (Å²) < 4.78 is 40.7. The summed E-state index contributed by atoms with van der Waals surface area (Å²) in [6, 6.07) is 5.41. The number of sulfonamides is 1. The van der Waals surface area contributed by atoms with Gasteiger partial charge in [-0.25, -0.2) is 17.6 Å². The van der Waals surface area contributed by atoms with Gasteiger partial charge in [0.15, 0.2) is 0 Å². The van der Waals surface area contributed by atoms with Crippen LogP contribution in [0.1, 0.15) is 64.2 Å². The molecule has 2 fully saturated rings. The van der Waals surface area contributed by atoms with Crippen LogP contribution in [0.25, 0.3) is 0 Å². The number of rotatable bonds is 5. The van der Waals surface area contributed by atoms with Crippen molar-refractivity contribution in [2.24, 2.45) is 0 Å². The Morgan fingerprint density at radius 1 is 0.968 bits per heavy atom. The van der Waals surface area contributed by atoms with Crippen molar-refractivity contribution in [2.45, 2.75) is 75.1 Å². The SMILES string of the molecule is O=C(NCC1CCCCN1S(=O)(=O)c1ccc(F)cc1)N[C]1CCCCCCC1.[CH2].[CH2]. The summed E-state index contributed by atoms with van der Waals surface area (Å²) in [5.41, 5.74) is 0. The number of halogens is 1. The minimum absolute atomic E-state index is 0. The largest absolute Gasteiger partial charge is 0.337 e. The Morgan fingerprint density at radius 2 is 1.58 bits per heavy atom. The van der Waals surface area contributed by atoms with E-state index in [-0.39, 0.29) is 38.4 Å². The summed E-state index contributed by atoms with van der Waals surface area (Å²) in [5.74, 6) is -0.468. The van der Waals surface area contributed by atoms with Crippen LogP contribution in [0.4, 0.5) is 9.18 Å². The normalized spacial score (nSPS) is 21.0. The lowest BCUT2D eigenvalue weighted by Crippen LogP contribution is -2.51. The van der Waals surface area contributed by atoms with E-state index in [2.05, 4.69) is 10.6 Å². The van der Waals surface area contributed by atoms with E-state index < -0.39 is 15.8 Å². The van der Waals surface area contributed by atoms with Gasteiger partial charge < -0.3 is 10.6 Å². The number of carbonyl (C=O) groups excluding carboxylic acids is 1. The average Bonchev–Trinajstić information content (AvgIpc) is 2.69. The summed E-state index contributed by atoms with van der Waals surface area (Å²) in [7, 11) is -3.72. The second kappa shape index (κ2) is 13.0. The van der Waals surface area contributed by atoms with E-state index >= 15 is 0 Å². The van der Waals surface area contributed by atoms with Gasteiger partial charge >= 0.3 is 6.03 Å². The number of nitrogens with zero attached hydrogens (tertiary/aromatic N) is 1. The molecule has 0 aromatic heterocycles. The number of carbonyl (C=O) groups is 1. The third-order valence-electron chi connectivity index (χ3n) is 5.74. The first-order chi connectivity index (χ1) is 14.0. The predicted octanol–water partition coefficient (Wildman–Crippen LogP) is 4.60. The number of benzene rings is 1. The first-order valence-electron chi connectivity index (χ1n) is 10.6. The number of piperidine rings is 1. The molecule has 0 spiro atoms. The standard InChI is InChI=1S/C21H31FN3O3S.2CH2/c22-17-11-13-20(14-12-17)29(27,28)25-15-7-6-10-19(25)16-23-21(26)24-18-8-4-2-1-3-5-9-18;;/h11-14,19H,1-10,15-16H2,(H2,23,24,26);2*1H2. The van der Waals surface area contributed by atoms with Crippen molar-refractivity contribution < 1.29 is 17.6 Å². The van der Waals surface area contributed by atoms with E-state index in [4.69, 9.17) is 0 Å². The Bertz CT molecular complexity index is 763. The van der Waals surface area contributed by atoms with Crippen LogP contribution in [-0.2, 0) is 10.0 Å². The molecule has 3 rings (SSSR count). The number of hydrogen-bond donors (Lipinski definition) is 2. The van der Waals surface area contributed by atoms with E-state index in [9.17, 15) is 17.6 Å². The van der Waals surface area contributed by atoms with Crippen molar-refractivity contribution in [2.75, 3.05) is 13.1 Å². The molecule has 1 aliphatic heterocycles. The van der Waals surface area contributed by atoms with Gasteiger partial charge in [0.05, 0.1) is 10.9 Å². The molecule has 6 nitrogen and oxygen atoms in total. The molecule has 1 saturated heterocycles. The number of hydrogen-bond acceptors (Lipinski definition) is 3. The molecule has 2 N–H and O–H groups in total. The molecule has 2 amide bonds. The van der Waals surface area contributed by atoms with Crippen molar-refractivity contribution in [1.82, 2.24) is 14.9 Å². The third-order valence-corrected chi connectivity index (χ3v) is 7.71. The summed E-state index contributed by atoms with van der Waals surface area (Å²) in [5, 5.41) is 5.84. The van der Waals surface area contributed by atoms with Crippen molar-refractivity contribution in [3.8, 4) is 0 Å². The molecule has 2 aliphatic rings. The zero-order chi connectivity index (χ0) is 20.7. The van der Waals surface area contributed by atoms with E-state index in [1.54, 1.807) is 0 Å². The van der Waals surface area contributed by atoms with E-state index in [0.717, 1.165) is 56.7 Å². The fourth-order valence-corrected chi connectivity index (χ4v) is 5.80. The van der Waals surface area contributed by atoms with Crippen molar-refractivity contribution in [3.05, 3.63) is 51.0 Å². The molecule has 0 bridgehead atoms. The minimum Gasteiger partial charge on any atom is -0.337 e. The monoisotopic (exact) mass is 452 g/mol. The van der Waals surface area contributed by atoms with Gasteiger partial charge in [0.1, 0.15) is 5.82 Å². The molecule has 5 radical (unpaired) electrons. The van der Waals surface area contributed by atoms with Gasteiger partial charge in [-0.2, -0.15) is 4.31 Å². The van der Waals surface area contributed by atoms with Crippen LogP contribution in [-0.4, -0.2) is 37.9 Å². The van der Waals surface area contributed by atoms with E-state index in [1.165, 1.54) is 35.7 Å². The maximum Gasteiger partial charge on any atom is 0.315 e. The molecule has 1 aliphatic carbocycles. The molecule has 1 unspecified atom stereocenters. The molecule has 8 heteroatoms. The third kappa shape index (κ3) is 7.75. The Morgan fingerprint density at radius 3 is 2.23 bits per heavy atom. The summed E-state index contributed by atoms with van der Waals surface area (Å²) in [6.07, 6.45) is 10.1. The zero-order valence-corrected chi connectivity index (χ0v) is 19.1. The first kappa shape index (κ1) is 27.4. The van der Waals surface area contributed by atoms with Gasteiger partial charge in [-0.15, -0.1) is 0 Å². The van der Waals surface area contributed by atoms with Gasteiger partial charge in [-0.05, 0) is 49.9 Å². The zero-order valence-electron chi connectivity index (χ0n) is 18.2. The Labute approximate surface area is 188 Å². The fraction of sp³-hybridized carbons (Fsp3) is 0.565. The highest BCUT2D eigenvalue weighted by Gasteiger charge is 2.33. The molecule has 1 aromatic rings. The molecule has 1 aromatic carbocycles. The lowest BCUT2D eigenvalue weighted by molar-refractivity contribution is 0.223. The van der Waals surface area contributed by atoms with Crippen molar-refractivity contribution in [3.63, 3.8) is 0 Å². The van der Waals surface area contributed by atoms with Crippen LogP contribution in [0.3, 0.4) is 0 Å². The summed E-state index contributed by atoms with van der Waals surface area (Å²) in [6.45, 7) is 0.671. The molecular weight excluding hydrogens is 417 g/mol. The van der Waals surface area contributed by atoms with Crippen LogP contribution in [0, 0.1) is 26.7 Å². The molecule has 173 valence electrons. The predicted molar refractivity (Wildman–Crippen MR) is 121 cm³/mol. The Kier molecular flexibility index (Phi) is 11.5. The van der Waals surface area contributed by atoms with Crippen LogP contribution < -0.4 is 10.6 Å². The minimum atomic E-state index is -3.72. The summed E-state index contributed by atoms with van der Waals surface area (Å²) in [4.78, 5) is 12.4. The molecule has 1 heterocycles. The van der Waals surface area contributed by atoms with Gasteiger partial charge in [0, 0.05) is 19.1 Å². The van der Waals surface area contributed by atoms with Gasteiger partial charge in [-0.1, -0.05) is 53.4 Å². The van der Waals surface area contributed by atoms with Crippen molar-refractivity contribution in [1.29, 1.82) is 0 Å². The van der Waals surface area contributed by atoms with Crippen LogP contribution >= 0.6 is 0 Å². The lowest BCUT2D eigenvalue weighted by atomic mass is 9.97. The Hall–Kier alpha value is -1.67. The number of nitrogens with one attached hydrogen (secondary N) is 2. The quantitative estimate of drug-likeness (QED) is 0.685. The second-order valence-electron chi connectivity index (χ2n) is 7.93. The van der Waals surface area contributed by atoms with Gasteiger partial charge in [-0.3, -0.25) is 0 Å². The highest BCUT2D eigenvalue weighted by Crippen LogP contribution is 2.25. The highest BCUT2D eigenvalue weighted by atomic mass is 32.2. The maximum absolute atomic E-state index is 13.2. The topological polar surface area (TPSA) is 78.5 Å². The number of amides is 2. The van der Waals surface area contributed by atoms with E-state index in [0.29, 0.717) is 13.0 Å². The smallest absolute Gasteiger partial charge is 0.315 e. The second-order valence-corrected chi connectivity index (χ2v) is 9.82. The molecule has 1 saturated carbocycles. The highest BCUT2D eigenvalue weighted by molar-refractivity contribution is 7.89. The molecule has 31 heavy (non-hydrogen) atoms. The lowest BCUT2D eigenvalue weighted by Gasteiger charge is -2.35. The average molecular weight is 453 g/mol. The first-order valence-corrected chi connectivity index (χ1v) is 12.1. The van der Waals surface area contributed by atoms with Crippen LogP contribution in [0.15, 0.2) is 29.2 Å². The van der Waals surface area contributed by atoms with E-state index in [1.807, 2.05) is 0 Å². The fourth-order valence-electron chi connectivity index (χ4n) is 4.11. The van der Waals surface area contributed by atoms with Crippen LogP contribution in [0.5, 0.6) is 0 Å². The maximum atomic E-state index is 13.2. The molecule has 1 atom stereocenters. The Balaban J connectivity index is 0.00000240. The van der Waals surface area contributed by atoms with Crippen LogP contribution in [0.2, 0.25) is 0 Å². The van der Waals surface area contributed by atoms with Gasteiger partial charge in [0.2, 0.25) is 10.0 Å².